The summed E-state index contributed by atoms with van der Waals surface area (Å²) in [5.74, 6) is -0.305. The highest BCUT2D eigenvalue weighted by Crippen LogP contribution is 2.11. The minimum Gasteiger partial charge on any atom is -0.467 e. The number of rotatable bonds is 4. The summed E-state index contributed by atoms with van der Waals surface area (Å²) in [6.07, 6.45) is 0.396. The monoisotopic (exact) mass is 218 g/mol. The van der Waals surface area contributed by atoms with Gasteiger partial charge in [-0.1, -0.05) is 12.1 Å². The minimum atomic E-state index is -0.383. The molecule has 1 unspecified atom stereocenters. The Balaban J connectivity index is 2.62. The second-order valence-electron chi connectivity index (χ2n) is 3.42. The number of hydrogen-bond acceptors (Lipinski definition) is 4. The summed E-state index contributed by atoms with van der Waals surface area (Å²) in [4.78, 5) is 11.2. The van der Waals surface area contributed by atoms with Crippen LogP contribution in [0.2, 0.25) is 0 Å². The molecular weight excluding hydrogens is 204 g/mol. The van der Waals surface area contributed by atoms with Crippen molar-refractivity contribution in [3.05, 3.63) is 29.8 Å². The van der Waals surface area contributed by atoms with Gasteiger partial charge in [0.25, 0.3) is 0 Å². The molecule has 0 spiro atoms. The highest BCUT2D eigenvalue weighted by molar-refractivity contribution is 5.78. The van der Waals surface area contributed by atoms with E-state index in [2.05, 4.69) is 16.1 Å². The fourth-order valence-corrected chi connectivity index (χ4v) is 1.30. The van der Waals surface area contributed by atoms with E-state index in [4.69, 9.17) is 5.26 Å². The molecule has 0 radical (unpaired) electrons. The summed E-state index contributed by atoms with van der Waals surface area (Å²) < 4.78 is 4.60. The number of carbonyl (C=O) groups is 1. The maximum atomic E-state index is 11.2. The van der Waals surface area contributed by atoms with Gasteiger partial charge in [0, 0.05) is 5.69 Å². The van der Waals surface area contributed by atoms with Crippen molar-refractivity contribution >= 4 is 11.7 Å². The van der Waals surface area contributed by atoms with Crippen molar-refractivity contribution in [2.24, 2.45) is 0 Å². The highest BCUT2D eigenvalue weighted by atomic mass is 16.5. The average molecular weight is 218 g/mol. The van der Waals surface area contributed by atoms with Gasteiger partial charge < -0.3 is 10.1 Å². The molecule has 4 heteroatoms. The van der Waals surface area contributed by atoms with Gasteiger partial charge in [-0.2, -0.15) is 5.26 Å². The standard InChI is InChI=1S/C12H14N2O2/c1-9(12(15)16-2)14-11-5-3-10(4-6-11)7-8-13/h3-6,9,14H,7H2,1-2H3. The molecule has 1 N–H and O–H groups in total. The summed E-state index contributed by atoms with van der Waals surface area (Å²) in [6.45, 7) is 1.73. The molecule has 0 bridgehead atoms. The van der Waals surface area contributed by atoms with E-state index in [0.717, 1.165) is 11.3 Å². The minimum absolute atomic E-state index is 0.305. The molecule has 0 aliphatic rings. The first-order valence-electron chi connectivity index (χ1n) is 4.97. The van der Waals surface area contributed by atoms with Gasteiger partial charge in [-0.15, -0.1) is 0 Å². The molecule has 16 heavy (non-hydrogen) atoms. The fourth-order valence-electron chi connectivity index (χ4n) is 1.30. The second-order valence-corrected chi connectivity index (χ2v) is 3.42. The van der Waals surface area contributed by atoms with E-state index in [1.54, 1.807) is 6.92 Å². The molecule has 4 nitrogen and oxygen atoms in total. The number of benzene rings is 1. The van der Waals surface area contributed by atoms with E-state index in [9.17, 15) is 4.79 Å². The van der Waals surface area contributed by atoms with Crippen LogP contribution in [-0.2, 0) is 16.0 Å². The Morgan fingerprint density at radius 3 is 2.62 bits per heavy atom. The Hall–Kier alpha value is -2.02. The van der Waals surface area contributed by atoms with Crippen LogP contribution >= 0.6 is 0 Å². The smallest absolute Gasteiger partial charge is 0.327 e. The third-order valence-electron chi connectivity index (χ3n) is 2.18. The van der Waals surface area contributed by atoms with Crippen LogP contribution in [0, 0.1) is 11.3 Å². The van der Waals surface area contributed by atoms with Gasteiger partial charge in [0.2, 0.25) is 0 Å². The predicted molar refractivity (Wildman–Crippen MR) is 60.9 cm³/mol. The Bertz CT molecular complexity index is 392. The second kappa shape index (κ2) is 5.76. The van der Waals surface area contributed by atoms with Crippen LogP contribution in [0.5, 0.6) is 0 Å². The molecule has 0 aromatic heterocycles. The molecular formula is C12H14N2O2. The Kier molecular flexibility index (Phi) is 4.34. The number of methoxy groups -OCH3 is 1. The van der Waals surface area contributed by atoms with Crippen molar-refractivity contribution in [2.75, 3.05) is 12.4 Å². The molecule has 0 aliphatic carbocycles. The molecule has 0 saturated carbocycles. The number of anilines is 1. The zero-order valence-corrected chi connectivity index (χ0v) is 9.36. The van der Waals surface area contributed by atoms with Crippen molar-refractivity contribution < 1.29 is 9.53 Å². The number of esters is 1. The van der Waals surface area contributed by atoms with Crippen molar-refractivity contribution in [2.45, 2.75) is 19.4 Å². The first-order chi connectivity index (χ1) is 7.67. The van der Waals surface area contributed by atoms with E-state index in [-0.39, 0.29) is 12.0 Å². The molecule has 0 amide bonds. The summed E-state index contributed by atoms with van der Waals surface area (Å²) in [7, 11) is 1.36. The van der Waals surface area contributed by atoms with Crippen molar-refractivity contribution in [3.63, 3.8) is 0 Å². The van der Waals surface area contributed by atoms with Crippen LogP contribution in [0.3, 0.4) is 0 Å². The van der Waals surface area contributed by atoms with E-state index in [0.29, 0.717) is 6.42 Å². The van der Waals surface area contributed by atoms with Gasteiger partial charge in [0.05, 0.1) is 19.6 Å². The summed E-state index contributed by atoms with van der Waals surface area (Å²) in [6, 6.07) is 9.09. The molecule has 0 heterocycles. The summed E-state index contributed by atoms with van der Waals surface area (Å²) >= 11 is 0. The van der Waals surface area contributed by atoms with Gasteiger partial charge in [0.15, 0.2) is 0 Å². The number of ether oxygens (including phenoxy) is 1. The Labute approximate surface area is 94.8 Å². The zero-order valence-electron chi connectivity index (χ0n) is 9.36. The average Bonchev–Trinajstić information content (AvgIpc) is 2.31. The Morgan fingerprint density at radius 2 is 2.12 bits per heavy atom. The summed E-state index contributed by atoms with van der Waals surface area (Å²) in [5, 5.41) is 11.5. The SMILES string of the molecule is COC(=O)C(C)Nc1ccc(CC#N)cc1. The lowest BCUT2D eigenvalue weighted by Crippen LogP contribution is -2.27. The van der Waals surface area contributed by atoms with Crippen molar-refractivity contribution in [3.8, 4) is 6.07 Å². The quantitative estimate of drug-likeness (QED) is 0.782. The van der Waals surface area contributed by atoms with Gasteiger partial charge in [-0.3, -0.25) is 0 Å². The molecule has 1 aromatic rings. The van der Waals surface area contributed by atoms with Crippen LogP contribution in [0.15, 0.2) is 24.3 Å². The van der Waals surface area contributed by atoms with Crippen molar-refractivity contribution in [1.29, 1.82) is 5.26 Å². The van der Waals surface area contributed by atoms with E-state index < -0.39 is 0 Å². The highest BCUT2D eigenvalue weighted by Gasteiger charge is 2.11. The molecule has 0 aliphatic heterocycles. The van der Waals surface area contributed by atoms with Crippen LogP contribution in [-0.4, -0.2) is 19.1 Å². The van der Waals surface area contributed by atoms with E-state index in [1.165, 1.54) is 7.11 Å². The maximum absolute atomic E-state index is 11.2. The first kappa shape index (κ1) is 12.1. The molecule has 0 fully saturated rings. The topological polar surface area (TPSA) is 62.1 Å². The lowest BCUT2D eigenvalue weighted by atomic mass is 10.1. The van der Waals surface area contributed by atoms with Gasteiger partial charge >= 0.3 is 5.97 Å². The number of nitrogens with zero attached hydrogens (tertiary/aromatic N) is 1. The Morgan fingerprint density at radius 1 is 1.50 bits per heavy atom. The molecule has 84 valence electrons. The van der Waals surface area contributed by atoms with E-state index >= 15 is 0 Å². The first-order valence-corrected chi connectivity index (χ1v) is 4.97. The third-order valence-corrected chi connectivity index (χ3v) is 2.18. The fraction of sp³-hybridized carbons (Fsp3) is 0.333. The van der Waals surface area contributed by atoms with Gasteiger partial charge in [-0.25, -0.2) is 4.79 Å². The number of nitrogens with one attached hydrogen (secondary N) is 1. The third kappa shape index (κ3) is 3.28. The molecule has 1 rings (SSSR count). The number of carbonyl (C=O) groups excluding carboxylic acids is 1. The van der Waals surface area contributed by atoms with Gasteiger partial charge in [0.1, 0.15) is 6.04 Å². The lowest BCUT2D eigenvalue weighted by Gasteiger charge is -2.12. The van der Waals surface area contributed by atoms with Crippen LogP contribution < -0.4 is 5.32 Å². The molecule has 1 atom stereocenters. The lowest BCUT2D eigenvalue weighted by molar-refractivity contribution is -0.141. The normalized spacial score (nSPS) is 11.3. The summed E-state index contributed by atoms with van der Waals surface area (Å²) in [5.41, 5.74) is 1.79. The number of hydrogen-bond donors (Lipinski definition) is 1. The van der Waals surface area contributed by atoms with Crippen LogP contribution in [0.1, 0.15) is 12.5 Å². The largest absolute Gasteiger partial charge is 0.467 e. The van der Waals surface area contributed by atoms with Crippen molar-refractivity contribution in [1.82, 2.24) is 0 Å². The van der Waals surface area contributed by atoms with Crippen LogP contribution in [0.4, 0.5) is 5.69 Å². The van der Waals surface area contributed by atoms with Gasteiger partial charge in [-0.05, 0) is 24.6 Å². The maximum Gasteiger partial charge on any atom is 0.327 e. The van der Waals surface area contributed by atoms with E-state index in [1.807, 2.05) is 24.3 Å². The molecule has 0 saturated heterocycles. The molecule has 1 aromatic carbocycles. The zero-order chi connectivity index (χ0) is 12.0. The predicted octanol–water partition coefficient (Wildman–Crippen LogP) is 1.73. The van der Waals surface area contributed by atoms with Crippen LogP contribution in [0.25, 0.3) is 0 Å². The number of nitriles is 1.